The molecular formula is C14H14ClN5O. The van der Waals surface area contributed by atoms with Crippen molar-refractivity contribution in [3.05, 3.63) is 47.5 Å². The van der Waals surface area contributed by atoms with Crippen LogP contribution >= 0.6 is 11.6 Å². The van der Waals surface area contributed by atoms with E-state index in [1.165, 1.54) is 0 Å². The van der Waals surface area contributed by atoms with Crippen molar-refractivity contribution in [3.63, 3.8) is 0 Å². The number of nitrogens with two attached hydrogens (primary N) is 1. The zero-order chi connectivity index (χ0) is 14.8. The maximum absolute atomic E-state index is 11.8. The Morgan fingerprint density at radius 3 is 3.00 bits per heavy atom. The zero-order valence-electron chi connectivity index (χ0n) is 11.1. The molecule has 1 aliphatic rings. The predicted octanol–water partition coefficient (Wildman–Crippen LogP) is 2.77. The average molecular weight is 304 g/mol. The van der Waals surface area contributed by atoms with Gasteiger partial charge in [0, 0.05) is 11.8 Å². The number of anilines is 1. The fourth-order valence-electron chi connectivity index (χ4n) is 2.14. The number of hydrogen-bond acceptors (Lipinski definition) is 3. The third-order valence-corrected chi connectivity index (χ3v) is 3.46. The van der Waals surface area contributed by atoms with Crippen LogP contribution in [0.25, 0.3) is 11.3 Å². The van der Waals surface area contributed by atoms with Crippen molar-refractivity contribution < 1.29 is 4.79 Å². The van der Waals surface area contributed by atoms with Crippen LogP contribution in [0.15, 0.2) is 36.5 Å². The number of benzene rings is 1. The minimum absolute atomic E-state index is 0.316. The number of amides is 2. The predicted molar refractivity (Wildman–Crippen MR) is 81.9 cm³/mol. The number of H-pyrrole nitrogens is 1. The molecule has 0 fully saturated rings. The lowest BCUT2D eigenvalue weighted by Gasteiger charge is -2.10. The first-order valence-corrected chi connectivity index (χ1v) is 6.86. The molecule has 0 unspecified atom stereocenters. The van der Waals surface area contributed by atoms with Gasteiger partial charge in [-0.3, -0.25) is 0 Å². The standard InChI is InChI=1S/C14H14ClN5O/c15-12-11-8-4-1-2-6-10(8)18-14(21)17-7-3-5-9(16)13(19-11)20-12/h1-4,6-7,9H,5,16H2,(H,19,20)(H2,17,18,21)/b7-3+/t9-/m0/s1. The van der Waals surface area contributed by atoms with Crippen LogP contribution in [0.1, 0.15) is 18.3 Å². The molecule has 0 aliphatic carbocycles. The molecule has 0 saturated carbocycles. The molecule has 0 spiro atoms. The van der Waals surface area contributed by atoms with E-state index in [1.807, 2.05) is 18.2 Å². The van der Waals surface area contributed by atoms with Gasteiger partial charge in [-0.25, -0.2) is 9.78 Å². The molecular weight excluding hydrogens is 290 g/mol. The first kappa shape index (κ1) is 13.7. The van der Waals surface area contributed by atoms with Gasteiger partial charge in [0.1, 0.15) is 16.7 Å². The molecule has 1 aromatic carbocycles. The van der Waals surface area contributed by atoms with Gasteiger partial charge in [-0.05, 0) is 12.5 Å². The van der Waals surface area contributed by atoms with Crippen molar-refractivity contribution in [2.45, 2.75) is 12.5 Å². The Bertz CT molecular complexity index is 709. The molecule has 3 rings (SSSR count). The van der Waals surface area contributed by atoms with Crippen molar-refractivity contribution in [1.29, 1.82) is 0 Å². The van der Waals surface area contributed by atoms with Crippen molar-refractivity contribution in [3.8, 4) is 11.3 Å². The van der Waals surface area contributed by atoms with Crippen LogP contribution < -0.4 is 16.4 Å². The highest BCUT2D eigenvalue weighted by molar-refractivity contribution is 6.32. The van der Waals surface area contributed by atoms with E-state index in [1.54, 1.807) is 18.3 Å². The molecule has 7 heteroatoms. The number of carbonyl (C=O) groups excluding carboxylic acids is 1. The zero-order valence-corrected chi connectivity index (χ0v) is 11.8. The van der Waals surface area contributed by atoms with Gasteiger partial charge in [0.05, 0.1) is 11.7 Å². The summed E-state index contributed by atoms with van der Waals surface area (Å²) in [5, 5.41) is 5.80. The highest BCUT2D eigenvalue weighted by atomic mass is 35.5. The molecule has 1 aromatic heterocycles. The Balaban J connectivity index is 2.14. The third-order valence-electron chi connectivity index (χ3n) is 3.18. The van der Waals surface area contributed by atoms with Crippen LogP contribution in [0.2, 0.25) is 5.15 Å². The second-order valence-corrected chi connectivity index (χ2v) is 5.05. The summed E-state index contributed by atoms with van der Waals surface area (Å²) >= 11 is 6.23. The van der Waals surface area contributed by atoms with Gasteiger partial charge in [0.2, 0.25) is 0 Å². The van der Waals surface area contributed by atoms with Gasteiger partial charge >= 0.3 is 6.03 Å². The van der Waals surface area contributed by atoms with E-state index < -0.39 is 0 Å². The number of nitrogens with zero attached hydrogens (tertiary/aromatic N) is 1. The smallest absolute Gasteiger partial charge is 0.323 e. The van der Waals surface area contributed by atoms with Gasteiger partial charge in [-0.15, -0.1) is 0 Å². The summed E-state index contributed by atoms with van der Waals surface area (Å²) in [5.74, 6) is 0.612. The van der Waals surface area contributed by atoms with E-state index in [2.05, 4.69) is 20.6 Å². The van der Waals surface area contributed by atoms with E-state index in [9.17, 15) is 4.79 Å². The Morgan fingerprint density at radius 2 is 2.14 bits per heavy atom. The van der Waals surface area contributed by atoms with Gasteiger partial charge < -0.3 is 21.4 Å². The van der Waals surface area contributed by atoms with E-state index in [0.717, 1.165) is 5.56 Å². The molecule has 2 aromatic rings. The van der Waals surface area contributed by atoms with Gasteiger partial charge in [0.15, 0.2) is 0 Å². The van der Waals surface area contributed by atoms with Crippen LogP contribution in [-0.2, 0) is 0 Å². The molecule has 6 nitrogen and oxygen atoms in total. The Kier molecular flexibility index (Phi) is 3.64. The quantitative estimate of drug-likeness (QED) is 0.602. The minimum Gasteiger partial charge on any atom is -0.331 e. The van der Waals surface area contributed by atoms with E-state index in [-0.39, 0.29) is 12.1 Å². The molecule has 2 heterocycles. The number of halogens is 1. The average Bonchev–Trinajstić information content (AvgIpc) is 2.85. The van der Waals surface area contributed by atoms with Gasteiger partial charge in [-0.2, -0.15) is 0 Å². The maximum Gasteiger partial charge on any atom is 0.323 e. The van der Waals surface area contributed by atoms with Crippen LogP contribution in [0.4, 0.5) is 10.5 Å². The molecule has 0 saturated heterocycles. The van der Waals surface area contributed by atoms with Gasteiger partial charge in [0.25, 0.3) is 0 Å². The summed E-state index contributed by atoms with van der Waals surface area (Å²) in [5.41, 5.74) is 7.98. The SMILES string of the molecule is N[C@H]1C/C=C/NC(=O)Nc2ccccc2-c2nc1[nH]c2Cl. The number of imidazole rings is 1. The van der Waals surface area contributed by atoms with Crippen LogP contribution in [0.5, 0.6) is 0 Å². The number of aromatic nitrogens is 2. The Morgan fingerprint density at radius 1 is 1.33 bits per heavy atom. The Hall–Kier alpha value is -2.31. The summed E-state index contributed by atoms with van der Waals surface area (Å²) in [6.45, 7) is 0. The number of hydrogen-bond donors (Lipinski definition) is 4. The van der Waals surface area contributed by atoms with Crippen molar-refractivity contribution in [1.82, 2.24) is 15.3 Å². The first-order chi connectivity index (χ1) is 10.1. The number of aromatic amines is 1. The summed E-state index contributed by atoms with van der Waals surface area (Å²) in [4.78, 5) is 19.3. The van der Waals surface area contributed by atoms with E-state index in [0.29, 0.717) is 28.8 Å². The fourth-order valence-corrected chi connectivity index (χ4v) is 2.38. The van der Waals surface area contributed by atoms with E-state index >= 15 is 0 Å². The summed E-state index contributed by atoms with van der Waals surface area (Å²) < 4.78 is 0. The van der Waals surface area contributed by atoms with Crippen LogP contribution in [-0.4, -0.2) is 16.0 Å². The maximum atomic E-state index is 11.8. The van der Waals surface area contributed by atoms with Crippen LogP contribution in [0, 0.1) is 0 Å². The molecule has 2 amide bonds. The number of para-hydroxylation sites is 1. The number of carbonyl (C=O) groups is 1. The molecule has 5 N–H and O–H groups in total. The monoisotopic (exact) mass is 303 g/mol. The molecule has 108 valence electrons. The normalized spacial score (nSPS) is 19.5. The molecule has 0 radical (unpaired) electrons. The molecule has 1 aliphatic heterocycles. The topological polar surface area (TPSA) is 95.8 Å². The van der Waals surface area contributed by atoms with E-state index in [4.69, 9.17) is 17.3 Å². The molecule has 1 atom stereocenters. The number of fused-ring (bicyclic) bond motifs is 4. The number of urea groups is 1. The molecule has 21 heavy (non-hydrogen) atoms. The highest BCUT2D eigenvalue weighted by Gasteiger charge is 2.18. The summed E-state index contributed by atoms with van der Waals surface area (Å²) in [6, 6.07) is 6.66. The Labute approximate surface area is 126 Å². The summed E-state index contributed by atoms with van der Waals surface area (Å²) in [7, 11) is 0. The first-order valence-electron chi connectivity index (χ1n) is 6.48. The highest BCUT2D eigenvalue weighted by Crippen LogP contribution is 2.33. The number of nitrogens with one attached hydrogen (secondary N) is 3. The third kappa shape index (κ3) is 2.76. The lowest BCUT2D eigenvalue weighted by atomic mass is 10.1. The lowest BCUT2D eigenvalue weighted by Crippen LogP contribution is -2.24. The number of rotatable bonds is 0. The fraction of sp³-hybridized carbons (Fsp3) is 0.143. The summed E-state index contributed by atoms with van der Waals surface area (Å²) in [6.07, 6.45) is 3.87. The second-order valence-electron chi connectivity index (χ2n) is 4.67. The van der Waals surface area contributed by atoms with Gasteiger partial charge in [-0.1, -0.05) is 35.9 Å². The van der Waals surface area contributed by atoms with Crippen molar-refractivity contribution >= 4 is 23.3 Å². The second kappa shape index (κ2) is 5.59. The van der Waals surface area contributed by atoms with Crippen molar-refractivity contribution in [2.75, 3.05) is 5.32 Å². The minimum atomic E-state index is -0.334. The molecule has 2 bridgehead atoms. The van der Waals surface area contributed by atoms with Crippen molar-refractivity contribution in [2.24, 2.45) is 5.73 Å². The lowest BCUT2D eigenvalue weighted by molar-refractivity contribution is 0.255. The van der Waals surface area contributed by atoms with Crippen LogP contribution in [0.3, 0.4) is 0 Å². The largest absolute Gasteiger partial charge is 0.331 e.